The molecule has 0 bridgehead atoms. The smallest absolute Gasteiger partial charge is 0.526 e. The third-order valence-corrected chi connectivity index (χ3v) is 5.95. The lowest BCUT2D eigenvalue weighted by atomic mass is 9.64. The lowest BCUT2D eigenvalue weighted by Gasteiger charge is -2.28. The Bertz CT molecular complexity index is 1120. The number of pyridine rings is 1. The number of benzene rings is 2. The highest BCUT2D eigenvalue weighted by atomic mass is 16.5. The Balaban J connectivity index is 1.39. The Morgan fingerprint density at radius 3 is 2.66 bits per heavy atom. The van der Waals surface area contributed by atoms with Crippen molar-refractivity contribution in [1.82, 2.24) is 4.98 Å². The first kappa shape index (κ1) is 22.0. The van der Waals surface area contributed by atoms with Crippen LogP contribution < -0.4 is 4.65 Å². The molecule has 1 aromatic heterocycles. The van der Waals surface area contributed by atoms with Crippen molar-refractivity contribution in [3.63, 3.8) is 0 Å². The molecule has 0 saturated carbocycles. The van der Waals surface area contributed by atoms with Crippen LogP contribution >= 0.6 is 0 Å². The summed E-state index contributed by atoms with van der Waals surface area (Å²) in [6, 6.07) is 17.1. The number of hydrogen-bond acceptors (Lipinski definition) is 5. The van der Waals surface area contributed by atoms with Gasteiger partial charge in [-0.1, -0.05) is 36.4 Å². The van der Waals surface area contributed by atoms with Crippen LogP contribution in [0.5, 0.6) is 5.75 Å². The fourth-order valence-corrected chi connectivity index (χ4v) is 4.23. The van der Waals surface area contributed by atoms with Gasteiger partial charge in [0.2, 0.25) is 0 Å². The molecule has 1 atom stereocenters. The molecule has 2 aromatic carbocycles. The van der Waals surface area contributed by atoms with E-state index in [0.717, 1.165) is 30.4 Å². The SMILES string of the molecule is CC(=O)c1cccc2c1OB(O)[C@@H](CC(=O)c1cccc(CCCc3cccnc3)c1)C2. The molecule has 32 heavy (non-hydrogen) atoms. The fraction of sp³-hybridized carbons (Fsp3) is 0.269. The highest BCUT2D eigenvalue weighted by Crippen LogP contribution is 2.36. The summed E-state index contributed by atoms with van der Waals surface area (Å²) in [7, 11) is -1.12. The maximum atomic E-state index is 13.0. The molecule has 0 aliphatic carbocycles. The third kappa shape index (κ3) is 5.14. The van der Waals surface area contributed by atoms with Crippen molar-refractivity contribution in [3.8, 4) is 5.75 Å². The second-order valence-corrected chi connectivity index (χ2v) is 8.37. The first-order valence-corrected chi connectivity index (χ1v) is 11.0. The van der Waals surface area contributed by atoms with Crippen molar-refractivity contribution in [2.45, 2.75) is 44.8 Å². The average Bonchev–Trinajstić information content (AvgIpc) is 2.80. The first-order valence-electron chi connectivity index (χ1n) is 11.0. The van der Waals surface area contributed by atoms with Gasteiger partial charge in [0.25, 0.3) is 0 Å². The molecule has 0 unspecified atom stereocenters. The van der Waals surface area contributed by atoms with E-state index in [1.54, 1.807) is 12.3 Å². The molecule has 1 aliphatic heterocycles. The normalized spacial score (nSPS) is 15.1. The van der Waals surface area contributed by atoms with Crippen molar-refractivity contribution >= 4 is 18.7 Å². The number of hydrogen-bond donors (Lipinski definition) is 1. The van der Waals surface area contributed by atoms with Crippen LogP contribution in [-0.2, 0) is 19.3 Å². The Kier molecular flexibility index (Phi) is 6.81. The number of carbonyl (C=O) groups excluding carboxylic acids is 2. The Morgan fingerprint density at radius 1 is 1.09 bits per heavy atom. The number of para-hydroxylation sites is 1. The van der Waals surface area contributed by atoms with Crippen molar-refractivity contribution in [2.75, 3.05) is 0 Å². The highest BCUT2D eigenvalue weighted by molar-refractivity contribution is 6.47. The highest BCUT2D eigenvalue weighted by Gasteiger charge is 2.37. The largest absolute Gasteiger partial charge is 0.535 e. The van der Waals surface area contributed by atoms with Gasteiger partial charge in [0.15, 0.2) is 11.6 Å². The lowest BCUT2D eigenvalue weighted by Crippen LogP contribution is -2.35. The Hall–Kier alpha value is -3.25. The van der Waals surface area contributed by atoms with Crippen LogP contribution in [0.3, 0.4) is 0 Å². The summed E-state index contributed by atoms with van der Waals surface area (Å²) in [6.07, 6.45) is 7.14. The molecule has 3 aromatic rings. The van der Waals surface area contributed by atoms with Gasteiger partial charge >= 0.3 is 7.12 Å². The summed E-state index contributed by atoms with van der Waals surface area (Å²) in [5.74, 6) is -0.0416. The van der Waals surface area contributed by atoms with E-state index in [-0.39, 0.29) is 23.8 Å². The zero-order chi connectivity index (χ0) is 22.5. The molecular formula is C26H26BNO4. The lowest BCUT2D eigenvalue weighted by molar-refractivity contribution is 0.0971. The summed E-state index contributed by atoms with van der Waals surface area (Å²) in [6.45, 7) is 1.48. The van der Waals surface area contributed by atoms with Crippen LogP contribution in [0, 0.1) is 0 Å². The second kappa shape index (κ2) is 9.92. The number of Topliss-reactive ketones (excluding diaryl/α,β-unsaturated/α-hetero) is 2. The predicted molar refractivity (Wildman–Crippen MR) is 124 cm³/mol. The molecular weight excluding hydrogens is 401 g/mol. The van der Waals surface area contributed by atoms with Crippen LogP contribution in [0.4, 0.5) is 0 Å². The maximum absolute atomic E-state index is 13.0. The number of fused-ring (bicyclic) bond motifs is 1. The summed E-state index contributed by atoms with van der Waals surface area (Å²) in [5, 5.41) is 10.5. The van der Waals surface area contributed by atoms with Gasteiger partial charge in [-0.2, -0.15) is 0 Å². The Labute approximate surface area is 188 Å². The van der Waals surface area contributed by atoms with E-state index in [0.29, 0.717) is 23.3 Å². The van der Waals surface area contributed by atoms with E-state index >= 15 is 0 Å². The van der Waals surface area contributed by atoms with E-state index in [1.807, 2.05) is 48.7 Å². The average molecular weight is 427 g/mol. The number of nitrogens with zero attached hydrogens (tertiary/aromatic N) is 1. The maximum Gasteiger partial charge on any atom is 0.526 e. The van der Waals surface area contributed by atoms with Crippen molar-refractivity contribution in [3.05, 3.63) is 94.8 Å². The molecule has 5 nitrogen and oxygen atoms in total. The fourth-order valence-electron chi connectivity index (χ4n) is 4.23. The van der Waals surface area contributed by atoms with Gasteiger partial charge in [0.1, 0.15) is 5.75 Å². The molecule has 0 spiro atoms. The molecule has 0 amide bonds. The number of rotatable bonds is 8. The molecule has 0 saturated heterocycles. The molecule has 2 heterocycles. The predicted octanol–water partition coefficient (Wildman–Crippen LogP) is 4.52. The third-order valence-electron chi connectivity index (χ3n) is 5.95. The minimum Gasteiger partial charge on any atom is -0.535 e. The van der Waals surface area contributed by atoms with Crippen LogP contribution in [0.1, 0.15) is 57.2 Å². The molecule has 0 radical (unpaired) electrons. The van der Waals surface area contributed by atoms with Gasteiger partial charge in [-0.25, -0.2) is 0 Å². The minimum absolute atomic E-state index is 0.0158. The summed E-state index contributed by atoms with van der Waals surface area (Å²) >= 11 is 0. The van der Waals surface area contributed by atoms with E-state index in [1.165, 1.54) is 12.5 Å². The Morgan fingerprint density at radius 2 is 1.88 bits per heavy atom. The van der Waals surface area contributed by atoms with Gasteiger partial charge < -0.3 is 9.68 Å². The zero-order valence-corrected chi connectivity index (χ0v) is 18.2. The molecule has 1 aliphatic rings. The number of aromatic nitrogens is 1. The summed E-state index contributed by atoms with van der Waals surface area (Å²) < 4.78 is 5.67. The van der Waals surface area contributed by atoms with Gasteiger partial charge in [-0.05, 0) is 67.5 Å². The van der Waals surface area contributed by atoms with Crippen LogP contribution in [0.2, 0.25) is 5.82 Å². The number of carbonyl (C=O) groups is 2. The molecule has 0 fully saturated rings. The molecule has 6 heteroatoms. The van der Waals surface area contributed by atoms with Crippen LogP contribution in [0.15, 0.2) is 67.0 Å². The van der Waals surface area contributed by atoms with Crippen LogP contribution in [-0.4, -0.2) is 28.7 Å². The van der Waals surface area contributed by atoms with E-state index in [4.69, 9.17) is 4.65 Å². The molecule has 162 valence electrons. The zero-order valence-electron chi connectivity index (χ0n) is 18.2. The van der Waals surface area contributed by atoms with Crippen molar-refractivity contribution in [2.24, 2.45) is 0 Å². The number of aryl methyl sites for hydroxylation is 2. The van der Waals surface area contributed by atoms with Gasteiger partial charge in [-0.3, -0.25) is 14.6 Å². The second-order valence-electron chi connectivity index (χ2n) is 8.37. The molecule has 1 N–H and O–H groups in total. The standard InChI is InChI=1S/C26H26BNO4/c1-18(29)24-12-4-11-22-15-23(27(31)32-26(22)24)16-25(30)21-10-3-7-19(14-21)6-2-8-20-9-5-13-28-17-20/h3-5,7,9-14,17,23,31H,2,6,8,15-16H2,1H3/t23-/m1/s1. The van der Waals surface area contributed by atoms with E-state index < -0.39 is 7.12 Å². The van der Waals surface area contributed by atoms with Gasteiger partial charge in [-0.15, -0.1) is 0 Å². The van der Waals surface area contributed by atoms with Gasteiger partial charge in [0, 0.05) is 30.2 Å². The topological polar surface area (TPSA) is 76.5 Å². The quantitative estimate of drug-likeness (QED) is 0.423. The van der Waals surface area contributed by atoms with Crippen LogP contribution in [0.25, 0.3) is 0 Å². The van der Waals surface area contributed by atoms with E-state index in [2.05, 4.69) is 11.1 Å². The van der Waals surface area contributed by atoms with Crippen molar-refractivity contribution in [1.29, 1.82) is 0 Å². The first-order chi connectivity index (χ1) is 15.5. The monoisotopic (exact) mass is 427 g/mol. The van der Waals surface area contributed by atoms with Crippen molar-refractivity contribution < 1.29 is 19.3 Å². The van der Waals surface area contributed by atoms with E-state index in [9.17, 15) is 14.6 Å². The molecule has 4 rings (SSSR count). The number of ketones is 2. The van der Waals surface area contributed by atoms with Gasteiger partial charge in [0.05, 0.1) is 5.56 Å². The summed E-state index contributed by atoms with van der Waals surface area (Å²) in [5.41, 5.74) is 4.30. The summed E-state index contributed by atoms with van der Waals surface area (Å²) in [4.78, 5) is 28.9. The minimum atomic E-state index is -1.12.